The van der Waals surface area contributed by atoms with Gasteiger partial charge in [-0.3, -0.25) is 0 Å². The first-order valence-electron chi connectivity index (χ1n) is 7.10. The molecule has 19 heavy (non-hydrogen) atoms. The van der Waals surface area contributed by atoms with Gasteiger partial charge in [0.15, 0.2) is 0 Å². The van der Waals surface area contributed by atoms with Crippen LogP contribution in [0.5, 0.6) is 0 Å². The van der Waals surface area contributed by atoms with Crippen molar-refractivity contribution in [1.82, 2.24) is 9.97 Å². The fourth-order valence-corrected chi connectivity index (χ4v) is 2.46. The van der Waals surface area contributed by atoms with Crippen LogP contribution in [0.4, 0.5) is 11.6 Å². The van der Waals surface area contributed by atoms with Crippen molar-refractivity contribution >= 4 is 11.6 Å². The summed E-state index contributed by atoms with van der Waals surface area (Å²) in [5, 5.41) is 3.36. The van der Waals surface area contributed by atoms with Crippen LogP contribution in [0.1, 0.15) is 31.7 Å². The van der Waals surface area contributed by atoms with E-state index in [1.165, 1.54) is 0 Å². The first kappa shape index (κ1) is 14.1. The number of nitrogens with one attached hydrogen (secondary N) is 1. The molecule has 5 nitrogen and oxygen atoms in total. The number of nitrogens with zero attached hydrogens (tertiary/aromatic N) is 3. The zero-order chi connectivity index (χ0) is 13.7. The van der Waals surface area contributed by atoms with E-state index in [1.807, 2.05) is 0 Å². The quantitative estimate of drug-likeness (QED) is 0.883. The summed E-state index contributed by atoms with van der Waals surface area (Å²) in [5.74, 6) is 1.98. The van der Waals surface area contributed by atoms with Crippen molar-refractivity contribution in [3.05, 3.63) is 11.9 Å². The maximum absolute atomic E-state index is 5.42. The van der Waals surface area contributed by atoms with Crippen molar-refractivity contribution < 1.29 is 4.74 Å². The fourth-order valence-electron chi connectivity index (χ4n) is 2.46. The Bertz CT molecular complexity index is 404. The molecule has 0 spiro atoms. The van der Waals surface area contributed by atoms with Crippen molar-refractivity contribution in [1.29, 1.82) is 0 Å². The highest BCUT2D eigenvalue weighted by molar-refractivity contribution is 5.58. The van der Waals surface area contributed by atoms with E-state index >= 15 is 0 Å². The van der Waals surface area contributed by atoms with Crippen molar-refractivity contribution in [2.24, 2.45) is 0 Å². The highest BCUT2D eigenvalue weighted by Crippen LogP contribution is 2.25. The highest BCUT2D eigenvalue weighted by Gasteiger charge is 2.21. The van der Waals surface area contributed by atoms with Gasteiger partial charge in [0.05, 0.1) is 0 Å². The molecule has 0 unspecified atom stereocenters. The molecule has 1 saturated heterocycles. The van der Waals surface area contributed by atoms with Gasteiger partial charge in [0.2, 0.25) is 0 Å². The third-order valence-electron chi connectivity index (χ3n) is 3.67. The van der Waals surface area contributed by atoms with Gasteiger partial charge in [-0.05, 0) is 26.2 Å². The second kappa shape index (κ2) is 6.70. The maximum atomic E-state index is 5.42. The Labute approximate surface area is 115 Å². The molecular weight excluding hydrogens is 240 g/mol. The molecule has 1 aliphatic rings. The summed E-state index contributed by atoms with van der Waals surface area (Å²) in [6, 6.07) is 0.515. The Kier molecular flexibility index (Phi) is 4.96. The second-order valence-corrected chi connectivity index (χ2v) is 5.05. The normalized spacial score (nSPS) is 16.4. The number of rotatable bonds is 5. The number of aromatic nitrogens is 2. The summed E-state index contributed by atoms with van der Waals surface area (Å²) in [5.41, 5.74) is 1.13. The molecule has 0 aromatic carbocycles. The smallest absolute Gasteiger partial charge is 0.137 e. The van der Waals surface area contributed by atoms with Crippen LogP contribution in [0.2, 0.25) is 0 Å². The number of ether oxygens (including phenoxy) is 1. The molecular formula is C14H24N4O. The van der Waals surface area contributed by atoms with Crippen LogP contribution in [0.3, 0.4) is 0 Å². The fraction of sp³-hybridized carbons (Fsp3) is 0.714. The zero-order valence-electron chi connectivity index (χ0n) is 12.1. The standard InChI is InChI=1S/C14H24N4O/c1-4-7-15-13-11(2)14(17-10-16-13)18(3)12-5-8-19-9-6-12/h10,12H,4-9H2,1-3H3,(H,15,16,17). The Balaban J connectivity index is 2.14. The van der Waals surface area contributed by atoms with Gasteiger partial charge in [-0.15, -0.1) is 0 Å². The number of hydrogen-bond acceptors (Lipinski definition) is 5. The van der Waals surface area contributed by atoms with Crippen LogP contribution >= 0.6 is 0 Å². The minimum absolute atomic E-state index is 0.515. The van der Waals surface area contributed by atoms with Crippen LogP contribution in [-0.2, 0) is 4.74 Å². The van der Waals surface area contributed by atoms with E-state index in [1.54, 1.807) is 6.33 Å². The Morgan fingerprint density at radius 2 is 2.11 bits per heavy atom. The third-order valence-corrected chi connectivity index (χ3v) is 3.67. The first-order chi connectivity index (χ1) is 9.24. The van der Waals surface area contributed by atoms with Crippen molar-refractivity contribution in [2.75, 3.05) is 37.0 Å². The van der Waals surface area contributed by atoms with Gasteiger partial charge in [-0.1, -0.05) is 6.92 Å². The van der Waals surface area contributed by atoms with Crippen LogP contribution in [0, 0.1) is 6.92 Å². The Hall–Kier alpha value is -1.36. The molecule has 0 aliphatic carbocycles. The van der Waals surface area contributed by atoms with E-state index in [0.29, 0.717) is 6.04 Å². The summed E-state index contributed by atoms with van der Waals surface area (Å²) in [6.45, 7) is 6.88. The average Bonchev–Trinajstić information content (AvgIpc) is 2.46. The second-order valence-electron chi connectivity index (χ2n) is 5.05. The lowest BCUT2D eigenvalue weighted by Gasteiger charge is -2.33. The monoisotopic (exact) mass is 264 g/mol. The predicted octanol–water partition coefficient (Wildman–Crippen LogP) is 2.22. The van der Waals surface area contributed by atoms with Crippen molar-refractivity contribution in [2.45, 2.75) is 39.2 Å². The molecule has 5 heteroatoms. The van der Waals surface area contributed by atoms with E-state index in [9.17, 15) is 0 Å². The van der Waals surface area contributed by atoms with Gasteiger partial charge in [-0.25, -0.2) is 9.97 Å². The number of anilines is 2. The number of hydrogen-bond donors (Lipinski definition) is 1. The molecule has 0 radical (unpaired) electrons. The minimum Gasteiger partial charge on any atom is -0.381 e. The summed E-state index contributed by atoms with van der Waals surface area (Å²) in [7, 11) is 2.12. The Morgan fingerprint density at radius 1 is 1.37 bits per heavy atom. The van der Waals surface area contributed by atoms with E-state index in [2.05, 4.69) is 41.1 Å². The largest absolute Gasteiger partial charge is 0.381 e. The zero-order valence-corrected chi connectivity index (χ0v) is 12.1. The molecule has 2 rings (SSSR count). The lowest BCUT2D eigenvalue weighted by Crippen LogP contribution is -2.37. The van der Waals surface area contributed by atoms with E-state index in [4.69, 9.17) is 4.74 Å². The van der Waals surface area contributed by atoms with Crippen LogP contribution in [0.25, 0.3) is 0 Å². The van der Waals surface area contributed by atoms with Gasteiger partial charge < -0.3 is 15.0 Å². The van der Waals surface area contributed by atoms with E-state index in [0.717, 1.165) is 56.2 Å². The SMILES string of the molecule is CCCNc1ncnc(N(C)C2CCOCC2)c1C. The van der Waals surface area contributed by atoms with Gasteiger partial charge in [0.1, 0.15) is 18.0 Å². The molecule has 2 heterocycles. The summed E-state index contributed by atoms with van der Waals surface area (Å²) < 4.78 is 5.42. The first-order valence-corrected chi connectivity index (χ1v) is 7.10. The minimum atomic E-state index is 0.515. The molecule has 1 N–H and O–H groups in total. The molecule has 1 fully saturated rings. The predicted molar refractivity (Wildman–Crippen MR) is 77.8 cm³/mol. The summed E-state index contributed by atoms with van der Waals surface area (Å²) >= 11 is 0. The summed E-state index contributed by atoms with van der Waals surface area (Å²) in [6.07, 6.45) is 4.88. The van der Waals surface area contributed by atoms with Gasteiger partial charge in [0.25, 0.3) is 0 Å². The van der Waals surface area contributed by atoms with E-state index < -0.39 is 0 Å². The molecule has 0 amide bonds. The van der Waals surface area contributed by atoms with E-state index in [-0.39, 0.29) is 0 Å². The molecule has 1 aromatic rings. The molecule has 0 atom stereocenters. The lowest BCUT2D eigenvalue weighted by atomic mass is 10.1. The van der Waals surface area contributed by atoms with Gasteiger partial charge >= 0.3 is 0 Å². The lowest BCUT2D eigenvalue weighted by molar-refractivity contribution is 0.0853. The molecule has 1 aromatic heterocycles. The highest BCUT2D eigenvalue weighted by atomic mass is 16.5. The molecule has 106 valence electrons. The molecule has 1 aliphatic heterocycles. The van der Waals surface area contributed by atoms with Crippen molar-refractivity contribution in [3.8, 4) is 0 Å². The van der Waals surface area contributed by atoms with Crippen molar-refractivity contribution in [3.63, 3.8) is 0 Å². The van der Waals surface area contributed by atoms with Crippen LogP contribution in [0.15, 0.2) is 6.33 Å². The average molecular weight is 264 g/mol. The molecule has 0 saturated carbocycles. The maximum Gasteiger partial charge on any atom is 0.137 e. The van der Waals surface area contributed by atoms with Crippen LogP contribution in [-0.4, -0.2) is 42.8 Å². The third kappa shape index (κ3) is 3.35. The summed E-state index contributed by atoms with van der Waals surface area (Å²) in [4.78, 5) is 11.1. The molecule has 0 bridgehead atoms. The van der Waals surface area contributed by atoms with Crippen LogP contribution < -0.4 is 10.2 Å². The van der Waals surface area contributed by atoms with Gasteiger partial charge in [-0.2, -0.15) is 0 Å². The topological polar surface area (TPSA) is 50.3 Å². The Morgan fingerprint density at radius 3 is 2.79 bits per heavy atom. The van der Waals surface area contributed by atoms with Gasteiger partial charge in [0, 0.05) is 38.4 Å².